The molecule has 1 N–H and O–H groups in total. The molecule has 1 aliphatic rings. The first kappa shape index (κ1) is 18.4. The van der Waals surface area contributed by atoms with E-state index in [1.54, 1.807) is 0 Å². The lowest BCUT2D eigenvalue weighted by Gasteiger charge is -2.35. The highest BCUT2D eigenvalue weighted by molar-refractivity contribution is 5.81. The zero-order valence-electron chi connectivity index (χ0n) is 16.3. The van der Waals surface area contributed by atoms with Crippen LogP contribution >= 0.6 is 0 Å². The molecule has 1 aliphatic heterocycles. The monoisotopic (exact) mass is 379 g/mol. The van der Waals surface area contributed by atoms with Crippen LogP contribution in [0.5, 0.6) is 0 Å². The topological polar surface area (TPSA) is 81.2 Å². The average molecular weight is 379 g/mol. The Kier molecular flexibility index (Phi) is 5.21. The summed E-state index contributed by atoms with van der Waals surface area (Å²) in [5.74, 6) is 1.13. The number of rotatable bonds is 5. The van der Waals surface area contributed by atoms with Crippen molar-refractivity contribution >= 4 is 22.8 Å². The van der Waals surface area contributed by atoms with Crippen molar-refractivity contribution in [2.45, 2.75) is 13.0 Å². The molecule has 8 nitrogen and oxygen atoms in total. The third-order valence-corrected chi connectivity index (χ3v) is 5.00. The number of carbonyl (C=O) groups excluding carboxylic acids is 1. The van der Waals surface area contributed by atoms with Gasteiger partial charge in [-0.15, -0.1) is 0 Å². The van der Waals surface area contributed by atoms with Gasteiger partial charge in [-0.25, -0.2) is 4.98 Å². The number of anilines is 1. The molecule has 1 saturated heterocycles. The molecule has 1 fully saturated rings. The molecule has 146 valence electrons. The number of aromatic amines is 1. The molecule has 1 aromatic carbocycles. The molecule has 0 saturated carbocycles. The lowest BCUT2D eigenvalue weighted by Crippen LogP contribution is -2.49. The van der Waals surface area contributed by atoms with E-state index in [0.717, 1.165) is 42.0 Å². The zero-order chi connectivity index (χ0) is 19.5. The highest BCUT2D eigenvalue weighted by atomic mass is 16.2. The second kappa shape index (κ2) is 7.93. The minimum atomic E-state index is 0.150. The first-order valence-corrected chi connectivity index (χ1v) is 9.50. The van der Waals surface area contributed by atoms with Gasteiger partial charge in [0, 0.05) is 38.9 Å². The van der Waals surface area contributed by atoms with Crippen molar-refractivity contribution in [1.29, 1.82) is 0 Å². The molecular weight excluding hydrogens is 354 g/mol. The number of hydrogen-bond donors (Lipinski definition) is 1. The summed E-state index contributed by atoms with van der Waals surface area (Å²) in [6, 6.07) is 9.96. The van der Waals surface area contributed by atoms with Crippen LogP contribution in [0.25, 0.3) is 11.0 Å². The van der Waals surface area contributed by atoms with Crippen LogP contribution in [0.2, 0.25) is 0 Å². The summed E-state index contributed by atoms with van der Waals surface area (Å²) in [7, 11) is 4.10. The molecule has 4 rings (SSSR count). The number of aromatic nitrogens is 4. The molecule has 0 atom stereocenters. The molecule has 3 aromatic rings. The average Bonchev–Trinajstić information content (AvgIpc) is 3.16. The van der Waals surface area contributed by atoms with Crippen molar-refractivity contribution in [3.63, 3.8) is 0 Å². The third-order valence-electron chi connectivity index (χ3n) is 5.00. The smallest absolute Gasteiger partial charge is 0.227 e. The van der Waals surface area contributed by atoms with Gasteiger partial charge >= 0.3 is 0 Å². The third kappa shape index (κ3) is 4.12. The maximum Gasteiger partial charge on any atom is 0.227 e. The number of benzene rings is 1. The summed E-state index contributed by atoms with van der Waals surface area (Å²) in [5.41, 5.74) is 3.77. The molecule has 1 amide bonds. The van der Waals surface area contributed by atoms with Gasteiger partial charge < -0.3 is 14.7 Å². The second-order valence-corrected chi connectivity index (χ2v) is 7.45. The summed E-state index contributed by atoms with van der Waals surface area (Å²) in [6.07, 6.45) is 2.33. The number of nitrogens with zero attached hydrogens (tertiary/aromatic N) is 6. The van der Waals surface area contributed by atoms with Gasteiger partial charge in [0.2, 0.25) is 5.91 Å². The van der Waals surface area contributed by atoms with E-state index in [-0.39, 0.29) is 5.91 Å². The van der Waals surface area contributed by atoms with Crippen LogP contribution in [0, 0.1) is 0 Å². The second-order valence-electron chi connectivity index (χ2n) is 7.45. The van der Waals surface area contributed by atoms with E-state index >= 15 is 0 Å². The summed E-state index contributed by atoms with van der Waals surface area (Å²) in [6.45, 7) is 3.91. The van der Waals surface area contributed by atoms with Gasteiger partial charge in [0.05, 0.1) is 6.42 Å². The normalized spacial score (nSPS) is 14.8. The van der Waals surface area contributed by atoms with E-state index in [1.165, 1.54) is 5.56 Å². The SMILES string of the molecule is CN(C)Cc1ccc(N2CCN(C(=O)Cc3ccc4n[nH]nc4c3)CC2)nc1. The van der Waals surface area contributed by atoms with Gasteiger partial charge in [0.15, 0.2) is 0 Å². The van der Waals surface area contributed by atoms with Crippen molar-refractivity contribution in [3.8, 4) is 0 Å². The molecule has 0 bridgehead atoms. The summed E-state index contributed by atoms with van der Waals surface area (Å²) < 4.78 is 0. The van der Waals surface area contributed by atoms with Gasteiger partial charge in [-0.3, -0.25) is 4.79 Å². The van der Waals surface area contributed by atoms with Crippen molar-refractivity contribution in [2.75, 3.05) is 45.2 Å². The zero-order valence-corrected chi connectivity index (χ0v) is 16.3. The Hall–Kier alpha value is -3.00. The molecule has 0 aliphatic carbocycles. The Morgan fingerprint density at radius 2 is 1.79 bits per heavy atom. The number of fused-ring (bicyclic) bond motifs is 1. The van der Waals surface area contributed by atoms with Crippen molar-refractivity contribution in [1.82, 2.24) is 30.2 Å². The fourth-order valence-electron chi connectivity index (χ4n) is 3.53. The maximum absolute atomic E-state index is 12.7. The molecule has 28 heavy (non-hydrogen) atoms. The van der Waals surface area contributed by atoms with Crippen LogP contribution in [-0.4, -0.2) is 76.4 Å². The summed E-state index contributed by atoms with van der Waals surface area (Å²) >= 11 is 0. The van der Waals surface area contributed by atoms with E-state index in [4.69, 9.17) is 0 Å². The van der Waals surface area contributed by atoms with Gasteiger partial charge in [-0.05, 0) is 43.4 Å². The first-order valence-electron chi connectivity index (χ1n) is 9.50. The van der Waals surface area contributed by atoms with Gasteiger partial charge in [-0.1, -0.05) is 12.1 Å². The van der Waals surface area contributed by atoms with Gasteiger partial charge in [0.25, 0.3) is 0 Å². The highest BCUT2D eigenvalue weighted by Gasteiger charge is 2.22. The number of carbonyl (C=O) groups is 1. The van der Waals surface area contributed by atoms with Crippen LogP contribution in [-0.2, 0) is 17.8 Å². The molecule has 3 heterocycles. The number of amides is 1. The van der Waals surface area contributed by atoms with Crippen LogP contribution in [0.4, 0.5) is 5.82 Å². The maximum atomic E-state index is 12.7. The Morgan fingerprint density at radius 3 is 2.50 bits per heavy atom. The van der Waals surface area contributed by atoms with Crippen LogP contribution in [0.1, 0.15) is 11.1 Å². The molecule has 0 spiro atoms. The Morgan fingerprint density at radius 1 is 1.04 bits per heavy atom. The summed E-state index contributed by atoms with van der Waals surface area (Å²) in [5, 5.41) is 10.7. The lowest BCUT2D eigenvalue weighted by atomic mass is 10.1. The minimum Gasteiger partial charge on any atom is -0.353 e. The minimum absolute atomic E-state index is 0.150. The van der Waals surface area contributed by atoms with Crippen molar-refractivity contribution in [3.05, 3.63) is 47.7 Å². The van der Waals surface area contributed by atoms with Gasteiger partial charge in [0.1, 0.15) is 16.9 Å². The quantitative estimate of drug-likeness (QED) is 0.720. The van der Waals surface area contributed by atoms with Crippen molar-refractivity contribution < 1.29 is 4.79 Å². The number of pyridine rings is 1. The molecule has 2 aromatic heterocycles. The van der Waals surface area contributed by atoms with Crippen molar-refractivity contribution in [2.24, 2.45) is 0 Å². The fourth-order valence-corrected chi connectivity index (χ4v) is 3.53. The molecule has 0 radical (unpaired) electrons. The Balaban J connectivity index is 1.32. The van der Waals surface area contributed by atoms with E-state index in [1.807, 2.05) is 43.4 Å². The largest absolute Gasteiger partial charge is 0.353 e. The van der Waals surface area contributed by atoms with Crippen LogP contribution < -0.4 is 4.90 Å². The fraction of sp³-hybridized carbons (Fsp3) is 0.400. The van der Waals surface area contributed by atoms with E-state index < -0.39 is 0 Å². The summed E-state index contributed by atoms with van der Waals surface area (Å²) in [4.78, 5) is 23.6. The number of piperazine rings is 1. The predicted octanol–water partition coefficient (Wildman–Crippen LogP) is 1.31. The first-order chi connectivity index (χ1) is 13.6. The number of nitrogens with one attached hydrogen (secondary N) is 1. The Labute approximate surface area is 164 Å². The molecule has 0 unspecified atom stereocenters. The Bertz CT molecular complexity index is 943. The predicted molar refractivity (Wildman–Crippen MR) is 108 cm³/mol. The van der Waals surface area contributed by atoms with E-state index in [0.29, 0.717) is 19.5 Å². The van der Waals surface area contributed by atoms with Gasteiger partial charge in [-0.2, -0.15) is 15.4 Å². The standard InChI is InChI=1S/C20H25N7O/c1-25(2)14-16-4-6-19(21-13-16)26-7-9-27(10-8-26)20(28)12-15-3-5-17-18(11-15)23-24-22-17/h3-6,11,13H,7-10,12,14H2,1-2H3,(H,22,23,24). The van der Waals surface area contributed by atoms with Crippen LogP contribution in [0.3, 0.4) is 0 Å². The lowest BCUT2D eigenvalue weighted by molar-refractivity contribution is -0.130. The van der Waals surface area contributed by atoms with E-state index in [2.05, 4.69) is 42.3 Å². The number of hydrogen-bond acceptors (Lipinski definition) is 6. The van der Waals surface area contributed by atoms with E-state index in [9.17, 15) is 4.79 Å². The highest BCUT2D eigenvalue weighted by Crippen LogP contribution is 2.16. The number of H-pyrrole nitrogens is 1. The molecule has 8 heteroatoms. The molecular formula is C20H25N7O. The van der Waals surface area contributed by atoms with Crippen LogP contribution in [0.15, 0.2) is 36.5 Å².